The molecule has 2 aromatic heterocycles. The lowest BCUT2D eigenvalue weighted by Crippen LogP contribution is -2.39. The molecule has 2 aromatic rings. The zero-order valence-corrected chi connectivity index (χ0v) is 13.3. The second-order valence-electron chi connectivity index (χ2n) is 5.14. The van der Waals surface area contributed by atoms with E-state index in [0.29, 0.717) is 13.2 Å². The fraction of sp³-hybridized carbons (Fsp3) is 0.467. The minimum Gasteiger partial charge on any atom is -0.466 e. The number of piperidine rings is 1. The van der Waals surface area contributed by atoms with Gasteiger partial charge >= 0.3 is 5.97 Å². The number of ether oxygens (including phenoxy) is 1. The van der Waals surface area contributed by atoms with Crippen LogP contribution in [-0.2, 0) is 9.53 Å². The van der Waals surface area contributed by atoms with Crippen molar-refractivity contribution in [2.24, 2.45) is 5.92 Å². The van der Waals surface area contributed by atoms with Crippen LogP contribution in [0, 0.1) is 5.92 Å². The molecule has 1 atom stereocenters. The van der Waals surface area contributed by atoms with Crippen LogP contribution < -0.4 is 4.90 Å². The van der Waals surface area contributed by atoms with Crippen molar-refractivity contribution in [1.29, 1.82) is 0 Å². The Hall–Kier alpha value is -2.02. The molecule has 0 radical (unpaired) electrons. The summed E-state index contributed by atoms with van der Waals surface area (Å²) in [5.41, 5.74) is 0.824. The lowest BCUT2D eigenvalue weighted by atomic mass is 9.99. The lowest BCUT2D eigenvalue weighted by Gasteiger charge is -2.30. The van der Waals surface area contributed by atoms with Crippen molar-refractivity contribution in [2.75, 3.05) is 24.6 Å². The van der Waals surface area contributed by atoms with Crippen LogP contribution in [0.4, 0.5) is 5.13 Å². The summed E-state index contributed by atoms with van der Waals surface area (Å²) in [4.78, 5) is 18.3. The second-order valence-corrected chi connectivity index (χ2v) is 6.10. The number of nitrogens with zero attached hydrogens (tertiary/aromatic N) is 4. The predicted molar refractivity (Wildman–Crippen MR) is 84.7 cm³/mol. The van der Waals surface area contributed by atoms with Crippen LogP contribution in [0.25, 0.3) is 10.7 Å². The molecular weight excluding hydrogens is 300 g/mol. The van der Waals surface area contributed by atoms with Crippen molar-refractivity contribution in [2.45, 2.75) is 19.8 Å². The number of anilines is 1. The molecule has 0 aromatic carbocycles. The quantitative estimate of drug-likeness (QED) is 0.806. The van der Waals surface area contributed by atoms with E-state index < -0.39 is 0 Å². The largest absolute Gasteiger partial charge is 0.466 e. The zero-order valence-electron chi connectivity index (χ0n) is 12.4. The first-order valence-corrected chi connectivity index (χ1v) is 8.26. The molecule has 7 heteroatoms. The van der Waals surface area contributed by atoms with E-state index >= 15 is 0 Å². The van der Waals surface area contributed by atoms with E-state index in [4.69, 9.17) is 4.74 Å². The highest BCUT2D eigenvalue weighted by Crippen LogP contribution is 2.30. The third kappa shape index (κ3) is 3.24. The van der Waals surface area contributed by atoms with Crippen molar-refractivity contribution in [1.82, 2.24) is 15.2 Å². The van der Waals surface area contributed by atoms with Crippen LogP contribution in [0.3, 0.4) is 0 Å². The molecule has 0 saturated carbocycles. The van der Waals surface area contributed by atoms with Crippen LogP contribution in [0.2, 0.25) is 0 Å². The highest BCUT2D eigenvalue weighted by atomic mass is 32.1. The number of hydrogen-bond acceptors (Lipinski definition) is 7. The maximum Gasteiger partial charge on any atom is 0.310 e. The highest BCUT2D eigenvalue weighted by molar-refractivity contribution is 7.18. The van der Waals surface area contributed by atoms with Gasteiger partial charge < -0.3 is 9.64 Å². The minimum absolute atomic E-state index is 0.0732. The predicted octanol–water partition coefficient (Wildman–Crippen LogP) is 2.38. The molecule has 0 unspecified atom stereocenters. The summed E-state index contributed by atoms with van der Waals surface area (Å²) in [5.74, 6) is -0.183. The van der Waals surface area contributed by atoms with Gasteiger partial charge in [0.2, 0.25) is 5.13 Å². The smallest absolute Gasteiger partial charge is 0.310 e. The maximum absolute atomic E-state index is 11.9. The van der Waals surface area contributed by atoms with Gasteiger partial charge in [0.05, 0.1) is 12.5 Å². The highest BCUT2D eigenvalue weighted by Gasteiger charge is 2.28. The van der Waals surface area contributed by atoms with Crippen molar-refractivity contribution in [3.05, 3.63) is 24.4 Å². The topological polar surface area (TPSA) is 68.2 Å². The molecule has 6 nitrogen and oxygen atoms in total. The summed E-state index contributed by atoms with van der Waals surface area (Å²) in [6.45, 7) is 3.81. The van der Waals surface area contributed by atoms with Crippen LogP contribution in [-0.4, -0.2) is 40.8 Å². The van der Waals surface area contributed by atoms with Gasteiger partial charge in [0.25, 0.3) is 0 Å². The monoisotopic (exact) mass is 318 g/mol. The number of pyridine rings is 1. The molecule has 0 amide bonds. The van der Waals surface area contributed by atoms with Crippen LogP contribution in [0.15, 0.2) is 24.4 Å². The Morgan fingerprint density at radius 1 is 1.45 bits per heavy atom. The standard InChI is InChI=1S/C15H18N4O2S/c1-2-21-14(20)11-6-5-9-19(10-11)15-18-17-13(22-15)12-7-3-4-8-16-12/h3-4,7-8,11H,2,5-6,9-10H2,1H3/t11-/m1/s1. The third-order valence-electron chi connectivity index (χ3n) is 3.61. The van der Waals surface area contributed by atoms with E-state index in [1.54, 1.807) is 6.20 Å². The van der Waals surface area contributed by atoms with E-state index in [1.165, 1.54) is 11.3 Å². The van der Waals surface area contributed by atoms with Gasteiger partial charge in [0, 0.05) is 19.3 Å². The van der Waals surface area contributed by atoms with E-state index in [0.717, 1.165) is 35.2 Å². The summed E-state index contributed by atoms with van der Waals surface area (Å²) < 4.78 is 5.13. The Kier molecular flexibility index (Phi) is 4.62. The molecule has 0 N–H and O–H groups in total. The molecule has 1 aliphatic rings. The summed E-state index contributed by atoms with van der Waals surface area (Å²) in [6, 6.07) is 5.73. The summed E-state index contributed by atoms with van der Waals surface area (Å²) in [6.07, 6.45) is 3.58. The fourth-order valence-electron chi connectivity index (χ4n) is 2.54. The van der Waals surface area contributed by atoms with Crippen molar-refractivity contribution >= 4 is 22.4 Å². The number of carbonyl (C=O) groups is 1. The van der Waals surface area contributed by atoms with Gasteiger partial charge in [-0.2, -0.15) is 0 Å². The summed E-state index contributed by atoms with van der Waals surface area (Å²) in [7, 11) is 0. The molecule has 0 spiro atoms. The van der Waals surface area contributed by atoms with Gasteiger partial charge in [0.15, 0.2) is 5.01 Å². The molecule has 116 valence electrons. The molecule has 0 bridgehead atoms. The average molecular weight is 318 g/mol. The minimum atomic E-state index is -0.110. The van der Waals surface area contributed by atoms with Gasteiger partial charge in [-0.1, -0.05) is 17.4 Å². The molecule has 1 fully saturated rings. The number of carbonyl (C=O) groups excluding carboxylic acids is 1. The van der Waals surface area contributed by atoms with Crippen LogP contribution in [0.5, 0.6) is 0 Å². The number of rotatable bonds is 4. The van der Waals surface area contributed by atoms with Crippen molar-refractivity contribution in [3.8, 4) is 10.7 Å². The second kappa shape index (κ2) is 6.83. The van der Waals surface area contributed by atoms with Crippen LogP contribution in [0.1, 0.15) is 19.8 Å². The molecule has 22 heavy (non-hydrogen) atoms. The van der Waals surface area contributed by atoms with Gasteiger partial charge in [-0.15, -0.1) is 10.2 Å². The first-order valence-electron chi connectivity index (χ1n) is 7.44. The van der Waals surface area contributed by atoms with Crippen LogP contribution >= 0.6 is 11.3 Å². The Balaban J connectivity index is 1.72. The number of aromatic nitrogens is 3. The maximum atomic E-state index is 11.9. The molecule has 0 aliphatic carbocycles. The normalized spacial score (nSPS) is 18.2. The lowest BCUT2D eigenvalue weighted by molar-refractivity contribution is -0.148. The van der Waals surface area contributed by atoms with E-state index in [1.807, 2.05) is 25.1 Å². The molecular formula is C15H18N4O2S. The summed E-state index contributed by atoms with van der Waals surface area (Å²) >= 11 is 1.51. The summed E-state index contributed by atoms with van der Waals surface area (Å²) in [5, 5.41) is 10.1. The zero-order chi connectivity index (χ0) is 15.4. The molecule has 3 heterocycles. The number of hydrogen-bond donors (Lipinski definition) is 0. The van der Waals surface area contributed by atoms with Crippen molar-refractivity contribution < 1.29 is 9.53 Å². The van der Waals surface area contributed by atoms with Gasteiger partial charge in [-0.25, -0.2) is 0 Å². The van der Waals surface area contributed by atoms with E-state index in [-0.39, 0.29) is 11.9 Å². The number of esters is 1. The molecule has 1 aliphatic heterocycles. The SMILES string of the molecule is CCOC(=O)[C@@H]1CCCN(c2nnc(-c3ccccn3)s2)C1. The van der Waals surface area contributed by atoms with E-state index in [9.17, 15) is 4.79 Å². The third-order valence-corrected chi connectivity index (χ3v) is 4.62. The van der Waals surface area contributed by atoms with Gasteiger partial charge in [0.1, 0.15) is 5.69 Å². The molecule has 1 saturated heterocycles. The van der Waals surface area contributed by atoms with Gasteiger partial charge in [-0.05, 0) is 31.9 Å². The van der Waals surface area contributed by atoms with Crippen molar-refractivity contribution in [3.63, 3.8) is 0 Å². The Bertz CT molecular complexity index is 631. The Labute approximate surface area is 133 Å². The average Bonchev–Trinajstić information content (AvgIpc) is 3.06. The Morgan fingerprint density at radius 2 is 2.36 bits per heavy atom. The van der Waals surface area contributed by atoms with E-state index in [2.05, 4.69) is 20.1 Å². The molecule has 3 rings (SSSR count). The fourth-order valence-corrected chi connectivity index (χ4v) is 3.40. The first kappa shape index (κ1) is 14.9. The Morgan fingerprint density at radius 3 is 3.14 bits per heavy atom. The first-order chi connectivity index (χ1) is 10.8. The van der Waals surface area contributed by atoms with Gasteiger partial charge in [-0.3, -0.25) is 9.78 Å².